The molecule has 104 valence electrons. The molecule has 1 aromatic heterocycles. The van der Waals surface area contributed by atoms with Gasteiger partial charge in [0.2, 0.25) is 0 Å². The maximum absolute atomic E-state index is 12.1. The number of hydrogen-bond acceptors (Lipinski definition) is 3. The molecule has 0 aliphatic heterocycles. The number of carbonyl (C=O) groups excluding carboxylic acids is 1. The Bertz CT molecular complexity index is 463. The van der Waals surface area contributed by atoms with Gasteiger partial charge in [0.1, 0.15) is 5.69 Å². The molecular formula is C15H23N3O. The van der Waals surface area contributed by atoms with Gasteiger partial charge >= 0.3 is 0 Å². The van der Waals surface area contributed by atoms with Crippen LogP contribution in [0.4, 0.5) is 5.69 Å². The third kappa shape index (κ3) is 2.31. The Morgan fingerprint density at radius 1 is 1.26 bits per heavy atom. The first-order valence-electron chi connectivity index (χ1n) is 6.81. The number of rotatable bonds is 4. The Kier molecular flexibility index (Phi) is 3.29. The number of nitrogens with zero attached hydrogens (tertiary/aromatic N) is 1. The Balaban J connectivity index is 2.02. The lowest BCUT2D eigenvalue weighted by molar-refractivity contribution is 0.0938. The number of carbonyl (C=O) groups is 1. The highest BCUT2D eigenvalue weighted by Crippen LogP contribution is 2.62. The molecule has 1 fully saturated rings. The number of nitrogens with one attached hydrogen (secondary N) is 2. The molecule has 2 N–H and O–H groups in total. The fraction of sp³-hybridized carbons (Fsp3) is 0.600. The molecule has 0 spiro atoms. The third-order valence-corrected chi connectivity index (χ3v) is 4.67. The second-order valence-electron chi connectivity index (χ2n) is 6.31. The maximum atomic E-state index is 12.1. The summed E-state index contributed by atoms with van der Waals surface area (Å²) in [6.07, 6.45) is 1.70. The number of hydrogen-bond donors (Lipinski definition) is 2. The van der Waals surface area contributed by atoms with Gasteiger partial charge in [0.05, 0.1) is 11.9 Å². The predicted molar refractivity (Wildman–Crippen MR) is 77.2 cm³/mol. The first kappa shape index (κ1) is 13.8. The monoisotopic (exact) mass is 261 g/mol. The standard InChI is InChI=1S/C15H23N3O/c1-6-16-10-7-8-11(17-9-10)12(19)18-13-14(2,3)15(13,4)5/h7-9,13,16H,6H2,1-5H3,(H,18,19). The van der Waals surface area contributed by atoms with Crippen LogP contribution >= 0.6 is 0 Å². The number of aromatic nitrogens is 1. The quantitative estimate of drug-likeness (QED) is 0.876. The van der Waals surface area contributed by atoms with E-state index in [1.807, 2.05) is 13.0 Å². The molecule has 0 saturated heterocycles. The molecule has 0 radical (unpaired) electrons. The molecule has 4 heteroatoms. The van der Waals surface area contributed by atoms with Gasteiger partial charge in [0.15, 0.2) is 0 Å². The van der Waals surface area contributed by atoms with Crippen molar-refractivity contribution in [1.29, 1.82) is 0 Å². The average molecular weight is 261 g/mol. The van der Waals surface area contributed by atoms with Crippen molar-refractivity contribution in [3.8, 4) is 0 Å². The van der Waals surface area contributed by atoms with Gasteiger partial charge < -0.3 is 10.6 Å². The van der Waals surface area contributed by atoms with Gasteiger partial charge in [-0.15, -0.1) is 0 Å². The third-order valence-electron chi connectivity index (χ3n) is 4.67. The summed E-state index contributed by atoms with van der Waals surface area (Å²) in [5.41, 5.74) is 1.70. The highest BCUT2D eigenvalue weighted by Gasteiger charge is 2.65. The molecule has 1 saturated carbocycles. The van der Waals surface area contributed by atoms with Gasteiger partial charge in [-0.2, -0.15) is 0 Å². The molecule has 0 bridgehead atoms. The van der Waals surface area contributed by atoms with E-state index in [9.17, 15) is 4.79 Å². The van der Waals surface area contributed by atoms with E-state index in [2.05, 4.69) is 43.3 Å². The van der Waals surface area contributed by atoms with Crippen molar-refractivity contribution in [2.45, 2.75) is 40.7 Å². The minimum atomic E-state index is -0.0910. The molecule has 1 aliphatic rings. The van der Waals surface area contributed by atoms with E-state index in [0.29, 0.717) is 5.69 Å². The SMILES string of the molecule is CCNc1ccc(C(=O)NC2C(C)(C)C2(C)C)nc1. The molecule has 1 aromatic rings. The molecule has 1 heterocycles. The summed E-state index contributed by atoms with van der Waals surface area (Å²) in [4.78, 5) is 16.3. The van der Waals surface area contributed by atoms with Crippen molar-refractivity contribution in [1.82, 2.24) is 10.3 Å². The summed E-state index contributed by atoms with van der Waals surface area (Å²) in [6, 6.07) is 3.85. The summed E-state index contributed by atoms with van der Waals surface area (Å²) in [5, 5.41) is 6.24. The van der Waals surface area contributed by atoms with Crippen molar-refractivity contribution in [2.75, 3.05) is 11.9 Å². The highest BCUT2D eigenvalue weighted by atomic mass is 16.2. The van der Waals surface area contributed by atoms with Crippen LogP contribution in [0.1, 0.15) is 45.1 Å². The summed E-state index contributed by atoms with van der Waals surface area (Å²) < 4.78 is 0. The lowest BCUT2D eigenvalue weighted by Gasteiger charge is -2.07. The van der Waals surface area contributed by atoms with Crippen molar-refractivity contribution >= 4 is 11.6 Å². The molecule has 0 atom stereocenters. The molecule has 2 rings (SSSR count). The zero-order valence-corrected chi connectivity index (χ0v) is 12.4. The predicted octanol–water partition coefficient (Wildman–Crippen LogP) is 2.68. The first-order valence-corrected chi connectivity index (χ1v) is 6.81. The molecule has 0 unspecified atom stereocenters. The summed E-state index contributed by atoms with van der Waals surface area (Å²) in [6.45, 7) is 11.6. The van der Waals surface area contributed by atoms with E-state index in [-0.39, 0.29) is 22.8 Å². The van der Waals surface area contributed by atoms with Crippen LogP contribution in [-0.2, 0) is 0 Å². The van der Waals surface area contributed by atoms with E-state index in [1.54, 1.807) is 12.3 Å². The molecule has 0 aromatic carbocycles. The van der Waals surface area contributed by atoms with E-state index in [0.717, 1.165) is 12.2 Å². The number of pyridine rings is 1. The van der Waals surface area contributed by atoms with Gasteiger partial charge in [0, 0.05) is 12.6 Å². The zero-order chi connectivity index (χ0) is 14.3. The van der Waals surface area contributed by atoms with Crippen molar-refractivity contribution in [2.24, 2.45) is 10.8 Å². The normalized spacial score (nSPS) is 19.8. The van der Waals surface area contributed by atoms with Crippen molar-refractivity contribution < 1.29 is 4.79 Å². The van der Waals surface area contributed by atoms with E-state index < -0.39 is 0 Å². The van der Waals surface area contributed by atoms with Crippen LogP contribution in [0, 0.1) is 10.8 Å². The molecule has 4 nitrogen and oxygen atoms in total. The average Bonchev–Trinajstić information content (AvgIpc) is 2.73. The number of anilines is 1. The second kappa shape index (κ2) is 4.51. The van der Waals surface area contributed by atoms with Gasteiger partial charge in [0.25, 0.3) is 5.91 Å². The highest BCUT2D eigenvalue weighted by molar-refractivity contribution is 5.93. The smallest absolute Gasteiger partial charge is 0.270 e. The van der Waals surface area contributed by atoms with Crippen molar-refractivity contribution in [3.05, 3.63) is 24.0 Å². The van der Waals surface area contributed by atoms with E-state index >= 15 is 0 Å². The van der Waals surface area contributed by atoms with E-state index in [1.165, 1.54) is 0 Å². The Labute approximate surface area is 115 Å². The Hall–Kier alpha value is -1.58. The van der Waals surface area contributed by atoms with Crippen LogP contribution in [0.25, 0.3) is 0 Å². The summed E-state index contributed by atoms with van der Waals surface area (Å²) in [5.74, 6) is -0.0910. The minimum absolute atomic E-state index is 0.0910. The van der Waals surface area contributed by atoms with Crippen LogP contribution in [0.5, 0.6) is 0 Å². The van der Waals surface area contributed by atoms with Crippen LogP contribution in [0.15, 0.2) is 18.3 Å². The fourth-order valence-electron chi connectivity index (χ4n) is 2.60. The Morgan fingerprint density at radius 2 is 1.89 bits per heavy atom. The lowest BCUT2D eigenvalue weighted by atomic mass is 10.0. The van der Waals surface area contributed by atoms with Gasteiger partial charge in [-0.1, -0.05) is 27.7 Å². The summed E-state index contributed by atoms with van der Waals surface area (Å²) in [7, 11) is 0. The lowest BCUT2D eigenvalue weighted by Crippen LogP contribution is -2.30. The van der Waals surface area contributed by atoms with Crippen LogP contribution in [-0.4, -0.2) is 23.5 Å². The molecule has 1 aliphatic carbocycles. The van der Waals surface area contributed by atoms with E-state index in [4.69, 9.17) is 0 Å². The zero-order valence-electron chi connectivity index (χ0n) is 12.4. The number of amides is 1. The van der Waals surface area contributed by atoms with Crippen molar-refractivity contribution in [3.63, 3.8) is 0 Å². The van der Waals surface area contributed by atoms with Gasteiger partial charge in [-0.25, -0.2) is 4.98 Å². The Morgan fingerprint density at radius 3 is 2.32 bits per heavy atom. The minimum Gasteiger partial charge on any atom is -0.384 e. The fourth-order valence-corrected chi connectivity index (χ4v) is 2.60. The molecule has 1 amide bonds. The second-order valence-corrected chi connectivity index (χ2v) is 6.31. The largest absolute Gasteiger partial charge is 0.384 e. The maximum Gasteiger partial charge on any atom is 0.270 e. The topological polar surface area (TPSA) is 54.0 Å². The van der Waals surface area contributed by atoms with Gasteiger partial charge in [-0.05, 0) is 29.9 Å². The van der Waals surface area contributed by atoms with Crippen LogP contribution in [0.2, 0.25) is 0 Å². The summed E-state index contributed by atoms with van der Waals surface area (Å²) >= 11 is 0. The molecule has 19 heavy (non-hydrogen) atoms. The van der Waals surface area contributed by atoms with Crippen LogP contribution in [0.3, 0.4) is 0 Å². The first-order chi connectivity index (χ1) is 8.80. The van der Waals surface area contributed by atoms with Crippen LogP contribution < -0.4 is 10.6 Å². The molecular weight excluding hydrogens is 238 g/mol. The van der Waals surface area contributed by atoms with Gasteiger partial charge in [-0.3, -0.25) is 4.79 Å².